The van der Waals surface area contributed by atoms with Gasteiger partial charge in [-0.25, -0.2) is 9.97 Å². The highest BCUT2D eigenvalue weighted by molar-refractivity contribution is 5.93. The number of methoxy groups -OCH3 is 1. The molecule has 0 spiro atoms. The maximum Gasteiger partial charge on any atom is 0.229 e. The Morgan fingerprint density at radius 2 is 2.50 bits per heavy atom. The van der Waals surface area contributed by atoms with Gasteiger partial charge in [-0.3, -0.25) is 9.89 Å². The van der Waals surface area contributed by atoms with Crippen molar-refractivity contribution in [1.82, 2.24) is 20.2 Å². The number of hydrogen-bond acceptors (Lipinski definition) is 6. The smallest absolute Gasteiger partial charge is 0.229 e. The average Bonchev–Trinajstić information content (AvgIpc) is 3.19. The van der Waals surface area contributed by atoms with Gasteiger partial charge in [0, 0.05) is 32.6 Å². The Morgan fingerprint density at radius 1 is 1.59 bits per heavy atom. The number of ether oxygens (including phenoxy) is 1. The van der Waals surface area contributed by atoms with Crippen molar-refractivity contribution in [2.24, 2.45) is 5.92 Å². The first-order valence-electron chi connectivity index (χ1n) is 7.11. The van der Waals surface area contributed by atoms with Crippen LogP contribution >= 0.6 is 0 Å². The molecular formula is C14H18N6O2. The minimum Gasteiger partial charge on any atom is -0.377 e. The third-order valence-electron chi connectivity index (χ3n) is 3.61. The molecule has 1 aliphatic heterocycles. The van der Waals surface area contributed by atoms with Gasteiger partial charge in [0.05, 0.1) is 17.8 Å². The zero-order valence-corrected chi connectivity index (χ0v) is 12.3. The zero-order chi connectivity index (χ0) is 15.4. The van der Waals surface area contributed by atoms with Gasteiger partial charge < -0.3 is 15.0 Å². The third-order valence-corrected chi connectivity index (χ3v) is 3.61. The Balaban J connectivity index is 1.62. The Bertz CT molecular complexity index is 630. The van der Waals surface area contributed by atoms with E-state index in [4.69, 9.17) is 4.74 Å². The number of carbonyl (C=O) groups excluding carboxylic acids is 1. The molecule has 3 rings (SSSR count). The molecule has 2 aromatic rings. The number of H-pyrrole nitrogens is 1. The van der Waals surface area contributed by atoms with Crippen molar-refractivity contribution in [3.8, 4) is 0 Å². The molecule has 1 saturated heterocycles. The van der Waals surface area contributed by atoms with E-state index in [1.807, 2.05) is 6.07 Å². The second-order valence-electron chi connectivity index (χ2n) is 5.17. The molecule has 2 N–H and O–H groups in total. The molecule has 116 valence electrons. The summed E-state index contributed by atoms with van der Waals surface area (Å²) in [5.74, 6) is 1.43. The van der Waals surface area contributed by atoms with Gasteiger partial charge in [-0.05, 0) is 12.5 Å². The number of amides is 1. The van der Waals surface area contributed by atoms with Gasteiger partial charge in [-0.15, -0.1) is 0 Å². The summed E-state index contributed by atoms with van der Waals surface area (Å²) in [6.45, 7) is 1.83. The summed E-state index contributed by atoms with van der Waals surface area (Å²) in [5.41, 5.74) is 0.688. The number of nitrogens with one attached hydrogen (secondary N) is 2. The summed E-state index contributed by atoms with van der Waals surface area (Å²) in [6.07, 6.45) is 5.76. The quantitative estimate of drug-likeness (QED) is 0.848. The van der Waals surface area contributed by atoms with Crippen LogP contribution in [0.2, 0.25) is 0 Å². The van der Waals surface area contributed by atoms with Gasteiger partial charge in [0.1, 0.15) is 12.4 Å². The van der Waals surface area contributed by atoms with Gasteiger partial charge >= 0.3 is 0 Å². The van der Waals surface area contributed by atoms with Crippen LogP contribution in [0.4, 0.5) is 11.5 Å². The van der Waals surface area contributed by atoms with E-state index in [1.54, 1.807) is 25.7 Å². The van der Waals surface area contributed by atoms with E-state index < -0.39 is 0 Å². The van der Waals surface area contributed by atoms with Crippen LogP contribution in [0.1, 0.15) is 12.2 Å². The molecule has 0 aliphatic carbocycles. The Labute approximate surface area is 127 Å². The number of aromatic amines is 1. The van der Waals surface area contributed by atoms with Gasteiger partial charge in [0.15, 0.2) is 5.82 Å². The molecule has 1 unspecified atom stereocenters. The van der Waals surface area contributed by atoms with Crippen LogP contribution in [0.5, 0.6) is 0 Å². The number of nitrogens with zero attached hydrogens (tertiary/aromatic N) is 4. The molecule has 1 fully saturated rings. The fourth-order valence-electron chi connectivity index (χ4n) is 2.51. The summed E-state index contributed by atoms with van der Waals surface area (Å²) < 4.78 is 5.05. The molecule has 8 heteroatoms. The van der Waals surface area contributed by atoms with Crippen LogP contribution in [0.15, 0.2) is 24.7 Å². The highest BCUT2D eigenvalue weighted by atomic mass is 16.5. The average molecular weight is 302 g/mol. The molecule has 0 saturated carbocycles. The first-order chi connectivity index (χ1) is 10.8. The van der Waals surface area contributed by atoms with Gasteiger partial charge in [-0.2, -0.15) is 5.10 Å². The van der Waals surface area contributed by atoms with Crippen LogP contribution in [0.3, 0.4) is 0 Å². The summed E-state index contributed by atoms with van der Waals surface area (Å²) in [6, 6.07) is 1.86. The van der Waals surface area contributed by atoms with E-state index >= 15 is 0 Å². The van der Waals surface area contributed by atoms with Gasteiger partial charge in [0.2, 0.25) is 5.91 Å². The van der Waals surface area contributed by atoms with E-state index in [2.05, 4.69) is 30.4 Å². The van der Waals surface area contributed by atoms with Gasteiger partial charge in [0.25, 0.3) is 0 Å². The predicted octanol–water partition coefficient (Wildman–Crippen LogP) is 0.811. The van der Waals surface area contributed by atoms with Gasteiger partial charge in [-0.1, -0.05) is 0 Å². The summed E-state index contributed by atoms with van der Waals surface area (Å²) in [5, 5.41) is 9.34. The molecule has 22 heavy (non-hydrogen) atoms. The largest absolute Gasteiger partial charge is 0.377 e. The lowest BCUT2D eigenvalue weighted by Crippen LogP contribution is -2.27. The van der Waals surface area contributed by atoms with E-state index in [1.165, 1.54) is 0 Å². The summed E-state index contributed by atoms with van der Waals surface area (Å²) in [7, 11) is 1.61. The molecule has 1 atom stereocenters. The fourth-order valence-corrected chi connectivity index (χ4v) is 2.51. The first kappa shape index (κ1) is 14.5. The Kier molecular flexibility index (Phi) is 4.29. The summed E-state index contributed by atoms with van der Waals surface area (Å²) >= 11 is 0. The Morgan fingerprint density at radius 3 is 3.27 bits per heavy atom. The first-order valence-corrected chi connectivity index (χ1v) is 7.11. The zero-order valence-electron chi connectivity index (χ0n) is 12.3. The molecule has 0 aromatic carbocycles. The molecule has 1 amide bonds. The molecular weight excluding hydrogens is 284 g/mol. The van der Waals surface area contributed by atoms with Crippen LogP contribution in [0.25, 0.3) is 0 Å². The number of aromatic nitrogens is 4. The SMILES string of the molecule is COCc1nccc(N2CCC(C(=O)Nc3cn[nH]c3)C2)n1. The standard InChI is InChI=1S/C14H18N6O2/c1-22-9-12-15-4-2-13(19-12)20-5-3-10(8-20)14(21)18-11-6-16-17-7-11/h2,4,6-7,10H,3,5,8-9H2,1H3,(H,16,17)(H,18,21). The Hall–Kier alpha value is -2.48. The maximum atomic E-state index is 12.2. The normalized spacial score (nSPS) is 17.7. The highest BCUT2D eigenvalue weighted by Gasteiger charge is 2.29. The second kappa shape index (κ2) is 6.52. The van der Waals surface area contributed by atoms with Crippen molar-refractivity contribution >= 4 is 17.4 Å². The van der Waals surface area contributed by atoms with E-state index in [-0.39, 0.29) is 11.8 Å². The lowest BCUT2D eigenvalue weighted by Gasteiger charge is -2.17. The van der Waals surface area contributed by atoms with Crippen LogP contribution < -0.4 is 10.2 Å². The molecule has 0 radical (unpaired) electrons. The molecule has 0 bridgehead atoms. The third kappa shape index (κ3) is 3.22. The molecule has 8 nitrogen and oxygen atoms in total. The van der Waals surface area contributed by atoms with Crippen molar-refractivity contribution < 1.29 is 9.53 Å². The lowest BCUT2D eigenvalue weighted by molar-refractivity contribution is -0.119. The van der Waals surface area contributed by atoms with E-state index in [0.29, 0.717) is 24.7 Å². The topological polar surface area (TPSA) is 96.0 Å². The number of anilines is 2. The summed E-state index contributed by atoms with van der Waals surface area (Å²) in [4.78, 5) is 22.9. The maximum absolute atomic E-state index is 12.2. The van der Waals surface area contributed by atoms with Crippen molar-refractivity contribution in [3.63, 3.8) is 0 Å². The molecule has 2 aromatic heterocycles. The highest BCUT2D eigenvalue weighted by Crippen LogP contribution is 2.23. The molecule has 3 heterocycles. The fraction of sp³-hybridized carbons (Fsp3) is 0.429. The van der Waals surface area contributed by atoms with Crippen molar-refractivity contribution in [2.45, 2.75) is 13.0 Å². The molecule has 1 aliphatic rings. The van der Waals surface area contributed by atoms with Crippen LogP contribution in [0, 0.1) is 5.92 Å². The monoisotopic (exact) mass is 302 g/mol. The number of carbonyl (C=O) groups is 1. The van der Waals surface area contributed by atoms with Crippen molar-refractivity contribution in [3.05, 3.63) is 30.5 Å². The second-order valence-corrected chi connectivity index (χ2v) is 5.17. The predicted molar refractivity (Wildman–Crippen MR) is 80.3 cm³/mol. The van der Waals surface area contributed by atoms with Crippen LogP contribution in [-0.2, 0) is 16.1 Å². The van der Waals surface area contributed by atoms with Crippen molar-refractivity contribution in [1.29, 1.82) is 0 Å². The number of rotatable bonds is 5. The van der Waals surface area contributed by atoms with E-state index in [0.717, 1.165) is 18.8 Å². The van der Waals surface area contributed by atoms with Crippen LogP contribution in [-0.4, -0.2) is 46.3 Å². The van der Waals surface area contributed by atoms with E-state index in [9.17, 15) is 4.79 Å². The lowest BCUT2D eigenvalue weighted by atomic mass is 10.1. The minimum atomic E-state index is -0.0595. The van der Waals surface area contributed by atoms with Crippen molar-refractivity contribution in [2.75, 3.05) is 30.4 Å². The minimum absolute atomic E-state index is 0.00933. The number of hydrogen-bond donors (Lipinski definition) is 2.